The Balaban J connectivity index is 2.48. The normalized spacial score (nSPS) is 12.2. The Labute approximate surface area is 112 Å². The molecule has 0 aliphatic rings. The lowest BCUT2D eigenvalue weighted by atomic mass is 9.93. The van der Waals surface area contributed by atoms with Crippen molar-refractivity contribution < 1.29 is 0 Å². The predicted octanol–water partition coefficient (Wildman–Crippen LogP) is 2.98. The van der Waals surface area contributed by atoms with Crippen LogP contribution in [0.15, 0.2) is 18.2 Å². The molecular weight excluding hydrogens is 220 g/mol. The molecule has 0 saturated heterocycles. The summed E-state index contributed by atoms with van der Waals surface area (Å²) in [6.07, 6.45) is 0. The second kappa shape index (κ2) is 6.35. The summed E-state index contributed by atoms with van der Waals surface area (Å²) in [7, 11) is 4.26. The summed E-state index contributed by atoms with van der Waals surface area (Å²) >= 11 is 0. The van der Waals surface area contributed by atoms with Crippen molar-refractivity contribution in [2.45, 2.75) is 34.2 Å². The highest BCUT2D eigenvalue weighted by Gasteiger charge is 2.18. The molecule has 1 aromatic carbocycles. The molecule has 1 N–H and O–H groups in total. The molecule has 2 heteroatoms. The van der Waals surface area contributed by atoms with Crippen molar-refractivity contribution >= 4 is 0 Å². The molecule has 0 aliphatic heterocycles. The number of nitrogens with one attached hydrogen (secondary N) is 1. The summed E-state index contributed by atoms with van der Waals surface area (Å²) in [5.41, 5.74) is 4.43. The molecule has 0 saturated carbocycles. The van der Waals surface area contributed by atoms with Gasteiger partial charge in [0.15, 0.2) is 0 Å². The maximum atomic E-state index is 3.59. The van der Waals surface area contributed by atoms with Gasteiger partial charge in [-0.25, -0.2) is 0 Å². The van der Waals surface area contributed by atoms with Crippen LogP contribution in [-0.4, -0.2) is 32.1 Å². The fraction of sp³-hybridized carbons (Fsp3) is 0.625. The predicted molar refractivity (Wildman–Crippen MR) is 80.0 cm³/mol. The fourth-order valence-corrected chi connectivity index (χ4v) is 2.44. The number of rotatable bonds is 6. The Morgan fingerprint density at radius 1 is 1.17 bits per heavy atom. The average Bonchev–Trinajstić information content (AvgIpc) is 2.21. The molecule has 0 fully saturated rings. The van der Waals surface area contributed by atoms with E-state index in [-0.39, 0.29) is 0 Å². The van der Waals surface area contributed by atoms with Crippen LogP contribution in [0.3, 0.4) is 0 Å². The van der Waals surface area contributed by atoms with Gasteiger partial charge in [-0.05, 0) is 44.5 Å². The van der Waals surface area contributed by atoms with Crippen molar-refractivity contribution in [2.75, 3.05) is 27.2 Å². The lowest BCUT2D eigenvalue weighted by molar-refractivity contribution is 0.232. The highest BCUT2D eigenvalue weighted by molar-refractivity contribution is 5.30. The molecule has 0 bridgehead atoms. The van der Waals surface area contributed by atoms with Crippen LogP contribution in [0.4, 0.5) is 0 Å². The largest absolute Gasteiger partial charge is 0.312 e. The minimum Gasteiger partial charge on any atom is -0.312 e. The lowest BCUT2D eigenvalue weighted by Crippen LogP contribution is -2.37. The third-order valence-electron chi connectivity index (χ3n) is 3.17. The van der Waals surface area contributed by atoms with Gasteiger partial charge in [0.25, 0.3) is 0 Å². The summed E-state index contributed by atoms with van der Waals surface area (Å²) in [5.74, 6) is 0. The Hall–Kier alpha value is -0.860. The first-order chi connectivity index (χ1) is 8.30. The van der Waals surface area contributed by atoms with Crippen LogP contribution in [0, 0.1) is 19.3 Å². The minimum atomic E-state index is 0.307. The van der Waals surface area contributed by atoms with Gasteiger partial charge in [0.2, 0.25) is 0 Å². The summed E-state index contributed by atoms with van der Waals surface area (Å²) < 4.78 is 0. The van der Waals surface area contributed by atoms with Crippen molar-refractivity contribution in [1.29, 1.82) is 0 Å². The van der Waals surface area contributed by atoms with Crippen LogP contribution in [0.2, 0.25) is 0 Å². The summed E-state index contributed by atoms with van der Waals surface area (Å²) in [5, 5.41) is 3.59. The zero-order valence-corrected chi connectivity index (χ0v) is 12.8. The van der Waals surface area contributed by atoms with Crippen molar-refractivity contribution in [3.63, 3.8) is 0 Å². The van der Waals surface area contributed by atoms with Crippen molar-refractivity contribution in [2.24, 2.45) is 5.41 Å². The quantitative estimate of drug-likeness (QED) is 0.832. The number of benzene rings is 1. The zero-order valence-electron chi connectivity index (χ0n) is 12.8. The fourth-order valence-electron chi connectivity index (χ4n) is 2.44. The second-order valence-electron chi connectivity index (χ2n) is 6.44. The van der Waals surface area contributed by atoms with Crippen molar-refractivity contribution in [1.82, 2.24) is 10.2 Å². The van der Waals surface area contributed by atoms with Gasteiger partial charge >= 0.3 is 0 Å². The number of hydrogen-bond acceptors (Lipinski definition) is 2. The van der Waals surface area contributed by atoms with Gasteiger partial charge < -0.3 is 10.2 Å². The number of nitrogens with zero attached hydrogens (tertiary/aromatic N) is 1. The first-order valence-corrected chi connectivity index (χ1v) is 6.72. The van der Waals surface area contributed by atoms with E-state index in [2.05, 4.69) is 70.2 Å². The average molecular weight is 248 g/mol. The van der Waals surface area contributed by atoms with Gasteiger partial charge in [-0.3, -0.25) is 0 Å². The molecule has 1 rings (SSSR count). The third kappa shape index (κ3) is 5.19. The van der Waals surface area contributed by atoms with Crippen molar-refractivity contribution in [3.8, 4) is 0 Å². The molecule has 102 valence electrons. The van der Waals surface area contributed by atoms with Gasteiger partial charge in [0.1, 0.15) is 0 Å². The molecule has 0 radical (unpaired) electrons. The smallest absolute Gasteiger partial charge is 0.0208 e. The summed E-state index contributed by atoms with van der Waals surface area (Å²) in [6.45, 7) is 12.1. The first-order valence-electron chi connectivity index (χ1n) is 6.72. The Morgan fingerprint density at radius 3 is 2.44 bits per heavy atom. The molecule has 0 amide bonds. The van der Waals surface area contributed by atoms with E-state index < -0.39 is 0 Å². The standard InChI is InChI=1S/C16H28N2/c1-13-7-8-14(2)15(9-13)10-17-11-16(3,4)12-18(5)6/h7-9,17H,10-12H2,1-6H3. The van der Waals surface area contributed by atoms with E-state index in [0.29, 0.717) is 5.41 Å². The van der Waals surface area contributed by atoms with E-state index in [1.807, 2.05) is 0 Å². The van der Waals surface area contributed by atoms with E-state index in [0.717, 1.165) is 19.6 Å². The monoisotopic (exact) mass is 248 g/mol. The number of hydrogen-bond donors (Lipinski definition) is 1. The second-order valence-corrected chi connectivity index (χ2v) is 6.44. The molecule has 0 aliphatic carbocycles. The van der Waals surface area contributed by atoms with Crippen LogP contribution in [-0.2, 0) is 6.54 Å². The van der Waals surface area contributed by atoms with Crippen LogP contribution >= 0.6 is 0 Å². The van der Waals surface area contributed by atoms with E-state index >= 15 is 0 Å². The molecular formula is C16H28N2. The molecule has 1 aromatic rings. The summed E-state index contributed by atoms with van der Waals surface area (Å²) in [6, 6.07) is 6.66. The van der Waals surface area contributed by atoms with Gasteiger partial charge in [-0.2, -0.15) is 0 Å². The van der Waals surface area contributed by atoms with Gasteiger partial charge in [-0.1, -0.05) is 37.6 Å². The Bertz CT molecular complexity index is 381. The maximum absolute atomic E-state index is 3.59. The topological polar surface area (TPSA) is 15.3 Å². The molecule has 18 heavy (non-hydrogen) atoms. The zero-order chi connectivity index (χ0) is 13.8. The first kappa shape index (κ1) is 15.2. The van der Waals surface area contributed by atoms with E-state index in [1.54, 1.807) is 0 Å². The van der Waals surface area contributed by atoms with E-state index in [1.165, 1.54) is 16.7 Å². The molecule has 0 aromatic heterocycles. The minimum absolute atomic E-state index is 0.307. The van der Waals surface area contributed by atoms with Gasteiger partial charge in [0, 0.05) is 19.6 Å². The van der Waals surface area contributed by atoms with E-state index in [9.17, 15) is 0 Å². The Morgan fingerprint density at radius 2 is 1.83 bits per heavy atom. The highest BCUT2D eigenvalue weighted by atomic mass is 15.1. The van der Waals surface area contributed by atoms with Crippen LogP contribution < -0.4 is 5.32 Å². The van der Waals surface area contributed by atoms with Gasteiger partial charge in [-0.15, -0.1) is 0 Å². The van der Waals surface area contributed by atoms with Gasteiger partial charge in [0.05, 0.1) is 0 Å². The molecule has 2 nitrogen and oxygen atoms in total. The molecule has 0 heterocycles. The molecule has 0 atom stereocenters. The maximum Gasteiger partial charge on any atom is 0.0208 e. The summed E-state index contributed by atoms with van der Waals surface area (Å²) in [4.78, 5) is 2.25. The highest BCUT2D eigenvalue weighted by Crippen LogP contribution is 2.15. The van der Waals surface area contributed by atoms with Crippen LogP contribution in [0.1, 0.15) is 30.5 Å². The van der Waals surface area contributed by atoms with E-state index in [4.69, 9.17) is 0 Å². The Kier molecular flexibility index (Phi) is 5.36. The SMILES string of the molecule is Cc1ccc(C)c(CNCC(C)(C)CN(C)C)c1. The lowest BCUT2D eigenvalue weighted by Gasteiger charge is -2.28. The van der Waals surface area contributed by atoms with Crippen molar-refractivity contribution in [3.05, 3.63) is 34.9 Å². The molecule has 0 unspecified atom stereocenters. The van der Waals surface area contributed by atoms with Crippen LogP contribution in [0.25, 0.3) is 0 Å². The third-order valence-corrected chi connectivity index (χ3v) is 3.17. The number of aryl methyl sites for hydroxylation is 2. The van der Waals surface area contributed by atoms with Crippen LogP contribution in [0.5, 0.6) is 0 Å². The molecule has 0 spiro atoms.